The highest BCUT2D eigenvalue weighted by Crippen LogP contribution is 2.17. The van der Waals surface area contributed by atoms with Gasteiger partial charge in [-0.25, -0.2) is 0 Å². The van der Waals surface area contributed by atoms with Gasteiger partial charge < -0.3 is 15.1 Å². The summed E-state index contributed by atoms with van der Waals surface area (Å²) in [6.45, 7) is 8.26. The number of rotatable bonds is 6. The molecule has 1 saturated heterocycles. The number of carbonyl (C=O) groups excluding carboxylic acids is 1. The predicted molar refractivity (Wildman–Crippen MR) is 71.0 cm³/mol. The fourth-order valence-corrected chi connectivity index (χ4v) is 2.30. The zero-order chi connectivity index (χ0) is 13.0. The molecular weight excluding hydrogens is 214 g/mol. The number of nitrogens with one attached hydrogen (secondary N) is 1. The lowest BCUT2D eigenvalue weighted by Crippen LogP contribution is -2.44. The van der Waals surface area contributed by atoms with Crippen molar-refractivity contribution in [2.24, 2.45) is 0 Å². The molecule has 1 N–H and O–H groups in total. The van der Waals surface area contributed by atoms with Crippen molar-refractivity contribution in [1.29, 1.82) is 0 Å². The van der Waals surface area contributed by atoms with Gasteiger partial charge in [0, 0.05) is 18.6 Å². The van der Waals surface area contributed by atoms with Gasteiger partial charge in [0.2, 0.25) is 5.91 Å². The van der Waals surface area contributed by atoms with Gasteiger partial charge in [-0.3, -0.25) is 4.79 Å². The van der Waals surface area contributed by atoms with Crippen LogP contribution in [-0.4, -0.2) is 61.0 Å². The second-order valence-corrected chi connectivity index (χ2v) is 5.64. The molecule has 2 unspecified atom stereocenters. The van der Waals surface area contributed by atoms with E-state index in [1.54, 1.807) is 0 Å². The molecule has 2 atom stereocenters. The van der Waals surface area contributed by atoms with E-state index in [4.69, 9.17) is 0 Å². The maximum absolute atomic E-state index is 12.2. The Balaban J connectivity index is 2.43. The molecule has 1 amide bonds. The third-order valence-electron chi connectivity index (χ3n) is 3.30. The van der Waals surface area contributed by atoms with Crippen LogP contribution in [-0.2, 0) is 4.79 Å². The first-order chi connectivity index (χ1) is 7.91. The van der Waals surface area contributed by atoms with Crippen LogP contribution < -0.4 is 5.32 Å². The number of carbonyl (C=O) groups is 1. The van der Waals surface area contributed by atoms with Crippen molar-refractivity contribution in [3.63, 3.8) is 0 Å². The standard InChI is InChI=1S/C13H27N3O/c1-10(2)14-12-7-9-16(13(12)17)11(3)6-8-15(4)5/h10-12,14H,6-9H2,1-5H3. The third kappa shape index (κ3) is 4.28. The largest absolute Gasteiger partial charge is 0.339 e. The molecule has 0 aliphatic carbocycles. The molecule has 0 aromatic carbocycles. The highest BCUT2D eigenvalue weighted by molar-refractivity contribution is 5.84. The zero-order valence-electron chi connectivity index (χ0n) is 11.9. The van der Waals surface area contributed by atoms with Crippen LogP contribution in [0.2, 0.25) is 0 Å². The van der Waals surface area contributed by atoms with Crippen molar-refractivity contribution in [2.75, 3.05) is 27.2 Å². The smallest absolute Gasteiger partial charge is 0.240 e. The van der Waals surface area contributed by atoms with Crippen LogP contribution in [0.25, 0.3) is 0 Å². The molecule has 0 spiro atoms. The molecule has 0 aromatic rings. The first-order valence-corrected chi connectivity index (χ1v) is 6.63. The molecule has 4 heteroatoms. The molecule has 0 aromatic heterocycles. The Hall–Kier alpha value is -0.610. The van der Waals surface area contributed by atoms with Gasteiger partial charge in [0.15, 0.2) is 0 Å². The summed E-state index contributed by atoms with van der Waals surface area (Å²) in [7, 11) is 4.14. The second-order valence-electron chi connectivity index (χ2n) is 5.64. The number of likely N-dealkylation sites (tertiary alicyclic amines) is 1. The van der Waals surface area contributed by atoms with E-state index in [1.165, 1.54) is 0 Å². The highest BCUT2D eigenvalue weighted by Gasteiger charge is 2.34. The number of hydrogen-bond donors (Lipinski definition) is 1. The molecule has 17 heavy (non-hydrogen) atoms. The lowest BCUT2D eigenvalue weighted by Gasteiger charge is -2.26. The fraction of sp³-hybridized carbons (Fsp3) is 0.923. The Morgan fingerprint density at radius 1 is 1.41 bits per heavy atom. The minimum absolute atomic E-state index is 0.0387. The summed E-state index contributed by atoms with van der Waals surface area (Å²) >= 11 is 0. The quantitative estimate of drug-likeness (QED) is 0.751. The topological polar surface area (TPSA) is 35.6 Å². The van der Waals surface area contributed by atoms with Crippen molar-refractivity contribution in [3.05, 3.63) is 0 Å². The number of hydrogen-bond acceptors (Lipinski definition) is 3. The Morgan fingerprint density at radius 2 is 2.06 bits per heavy atom. The van der Waals surface area contributed by atoms with Gasteiger partial charge in [0.1, 0.15) is 0 Å². The third-order valence-corrected chi connectivity index (χ3v) is 3.30. The summed E-state index contributed by atoms with van der Waals surface area (Å²) in [5.74, 6) is 0.282. The van der Waals surface area contributed by atoms with Crippen LogP contribution >= 0.6 is 0 Å². The SMILES string of the molecule is CC(C)NC1CCN(C(C)CCN(C)C)C1=O. The van der Waals surface area contributed by atoms with E-state index in [1.807, 2.05) is 4.90 Å². The van der Waals surface area contributed by atoms with Gasteiger partial charge in [-0.05, 0) is 40.4 Å². The van der Waals surface area contributed by atoms with Gasteiger partial charge in [-0.15, -0.1) is 0 Å². The molecular formula is C13H27N3O. The van der Waals surface area contributed by atoms with E-state index in [-0.39, 0.29) is 11.9 Å². The summed E-state index contributed by atoms with van der Waals surface area (Å²) in [5.41, 5.74) is 0. The zero-order valence-corrected chi connectivity index (χ0v) is 11.9. The molecule has 4 nitrogen and oxygen atoms in total. The minimum atomic E-state index is 0.0387. The van der Waals surface area contributed by atoms with Crippen LogP contribution in [0.3, 0.4) is 0 Å². The Morgan fingerprint density at radius 3 is 2.59 bits per heavy atom. The molecule has 100 valence electrons. The van der Waals surface area contributed by atoms with E-state index < -0.39 is 0 Å². The first kappa shape index (κ1) is 14.5. The van der Waals surface area contributed by atoms with Crippen LogP contribution in [0.5, 0.6) is 0 Å². The van der Waals surface area contributed by atoms with Crippen LogP contribution in [0.1, 0.15) is 33.6 Å². The molecule has 1 heterocycles. The summed E-state index contributed by atoms with van der Waals surface area (Å²) in [6.07, 6.45) is 2.00. The molecule has 0 radical (unpaired) electrons. The fourth-order valence-electron chi connectivity index (χ4n) is 2.30. The van der Waals surface area contributed by atoms with Gasteiger partial charge in [0.25, 0.3) is 0 Å². The van der Waals surface area contributed by atoms with Gasteiger partial charge in [-0.1, -0.05) is 13.8 Å². The Labute approximate surface area is 105 Å². The Kier molecular flexibility index (Phi) is 5.40. The lowest BCUT2D eigenvalue weighted by atomic mass is 10.2. The summed E-state index contributed by atoms with van der Waals surface area (Å²) < 4.78 is 0. The maximum atomic E-state index is 12.2. The van der Waals surface area contributed by atoms with Gasteiger partial charge >= 0.3 is 0 Å². The lowest BCUT2D eigenvalue weighted by molar-refractivity contribution is -0.131. The molecule has 1 rings (SSSR count). The molecule has 1 fully saturated rings. The predicted octanol–water partition coefficient (Wildman–Crippen LogP) is 0.925. The molecule has 1 aliphatic rings. The summed E-state index contributed by atoms with van der Waals surface area (Å²) in [6, 6.07) is 0.765. The van der Waals surface area contributed by atoms with Crippen molar-refractivity contribution < 1.29 is 4.79 Å². The normalized spacial score (nSPS) is 22.9. The maximum Gasteiger partial charge on any atom is 0.240 e. The van der Waals surface area contributed by atoms with Crippen LogP contribution in [0.4, 0.5) is 0 Å². The average molecular weight is 241 g/mol. The second kappa shape index (κ2) is 6.36. The van der Waals surface area contributed by atoms with Crippen molar-refractivity contribution >= 4 is 5.91 Å². The van der Waals surface area contributed by atoms with Crippen molar-refractivity contribution in [3.8, 4) is 0 Å². The molecule has 1 aliphatic heterocycles. The van der Waals surface area contributed by atoms with Gasteiger partial charge in [-0.2, -0.15) is 0 Å². The molecule has 0 bridgehead atoms. The molecule has 0 saturated carbocycles. The van der Waals surface area contributed by atoms with E-state index in [0.29, 0.717) is 12.1 Å². The van der Waals surface area contributed by atoms with E-state index in [9.17, 15) is 4.79 Å². The first-order valence-electron chi connectivity index (χ1n) is 6.63. The summed E-state index contributed by atoms with van der Waals surface area (Å²) in [4.78, 5) is 16.4. The van der Waals surface area contributed by atoms with Crippen molar-refractivity contribution in [2.45, 2.75) is 51.7 Å². The number of nitrogens with zero attached hydrogens (tertiary/aromatic N) is 2. The van der Waals surface area contributed by atoms with Crippen LogP contribution in [0, 0.1) is 0 Å². The van der Waals surface area contributed by atoms with Crippen LogP contribution in [0.15, 0.2) is 0 Å². The summed E-state index contributed by atoms with van der Waals surface area (Å²) in [5, 5.41) is 3.34. The van der Waals surface area contributed by atoms with E-state index in [0.717, 1.165) is 25.9 Å². The minimum Gasteiger partial charge on any atom is -0.339 e. The highest BCUT2D eigenvalue weighted by atomic mass is 16.2. The Bertz CT molecular complexity index is 253. The van der Waals surface area contributed by atoms with Gasteiger partial charge in [0.05, 0.1) is 6.04 Å². The van der Waals surface area contributed by atoms with Crippen molar-refractivity contribution in [1.82, 2.24) is 15.1 Å². The average Bonchev–Trinajstić information content (AvgIpc) is 2.56. The monoisotopic (exact) mass is 241 g/mol. The van der Waals surface area contributed by atoms with E-state index >= 15 is 0 Å². The van der Waals surface area contributed by atoms with E-state index in [2.05, 4.69) is 45.1 Å². The number of amides is 1.